The first kappa shape index (κ1) is 14.2. The molecule has 0 fully saturated rings. The zero-order chi connectivity index (χ0) is 16.5. The third-order valence-electron chi connectivity index (χ3n) is 4.04. The van der Waals surface area contributed by atoms with Crippen molar-refractivity contribution in [3.63, 3.8) is 0 Å². The lowest BCUT2D eigenvalue weighted by Crippen LogP contribution is -1.86. The summed E-state index contributed by atoms with van der Waals surface area (Å²) in [7, 11) is 0. The highest BCUT2D eigenvalue weighted by molar-refractivity contribution is 6.00. The van der Waals surface area contributed by atoms with E-state index in [2.05, 4.69) is 10.2 Å². The lowest BCUT2D eigenvalue weighted by atomic mass is 10.1. The number of phenols is 1. The number of nitrogen functional groups attached to an aromatic ring is 1. The van der Waals surface area contributed by atoms with Gasteiger partial charge in [0.25, 0.3) is 0 Å². The normalized spacial score (nSPS) is 11.5. The Morgan fingerprint density at radius 2 is 1.46 bits per heavy atom. The summed E-state index contributed by atoms with van der Waals surface area (Å²) in [6.07, 6.45) is 0. The van der Waals surface area contributed by atoms with E-state index in [0.717, 1.165) is 21.8 Å². The minimum Gasteiger partial charge on any atom is -0.505 e. The van der Waals surface area contributed by atoms with Gasteiger partial charge in [-0.25, -0.2) is 0 Å². The van der Waals surface area contributed by atoms with Crippen molar-refractivity contribution < 1.29 is 5.11 Å². The van der Waals surface area contributed by atoms with E-state index < -0.39 is 0 Å². The van der Waals surface area contributed by atoms with Crippen molar-refractivity contribution >= 4 is 38.6 Å². The minimum atomic E-state index is 0.0511. The highest BCUT2D eigenvalue weighted by Crippen LogP contribution is 2.38. The van der Waals surface area contributed by atoms with E-state index in [1.54, 1.807) is 12.1 Å². The van der Waals surface area contributed by atoms with Gasteiger partial charge in [-0.1, -0.05) is 48.5 Å². The monoisotopic (exact) mass is 313 g/mol. The molecule has 0 unspecified atom stereocenters. The van der Waals surface area contributed by atoms with E-state index in [0.29, 0.717) is 16.8 Å². The molecule has 0 spiro atoms. The SMILES string of the molecule is Nc1cccc2ccc(N=Nc3ccc4ccccc4c3)c(O)c12. The number of azo groups is 1. The molecule has 24 heavy (non-hydrogen) atoms. The Bertz CT molecular complexity index is 1090. The molecular formula is C20H15N3O. The molecule has 116 valence electrons. The molecule has 4 heteroatoms. The second-order valence-corrected chi connectivity index (χ2v) is 5.61. The Labute approximate surface area is 138 Å². The van der Waals surface area contributed by atoms with Crippen molar-refractivity contribution in [2.24, 2.45) is 10.2 Å². The number of hydrogen-bond donors (Lipinski definition) is 2. The molecule has 0 atom stereocenters. The van der Waals surface area contributed by atoms with Gasteiger partial charge in [0.2, 0.25) is 0 Å². The number of rotatable bonds is 2. The molecule has 0 aliphatic heterocycles. The molecule has 0 amide bonds. The topological polar surface area (TPSA) is 71.0 Å². The molecule has 0 saturated carbocycles. The minimum absolute atomic E-state index is 0.0511. The molecule has 3 N–H and O–H groups in total. The predicted molar refractivity (Wildman–Crippen MR) is 98.1 cm³/mol. The van der Waals surface area contributed by atoms with Crippen LogP contribution >= 0.6 is 0 Å². The Hall–Kier alpha value is -3.40. The number of hydrogen-bond acceptors (Lipinski definition) is 4. The number of nitrogens with two attached hydrogens (primary N) is 1. The second kappa shape index (κ2) is 5.66. The summed E-state index contributed by atoms with van der Waals surface area (Å²) in [4.78, 5) is 0. The first-order chi connectivity index (χ1) is 11.7. The van der Waals surface area contributed by atoms with Crippen LogP contribution in [0.15, 0.2) is 83.0 Å². The van der Waals surface area contributed by atoms with Crippen LogP contribution in [0.1, 0.15) is 0 Å². The largest absolute Gasteiger partial charge is 0.505 e. The standard InChI is InChI=1S/C20H15N3O/c21-17-7-3-6-14-9-11-18(20(24)19(14)17)23-22-16-10-8-13-4-1-2-5-15(13)12-16/h1-12,24H,21H2. The molecular weight excluding hydrogens is 298 g/mol. The highest BCUT2D eigenvalue weighted by atomic mass is 16.3. The highest BCUT2D eigenvalue weighted by Gasteiger charge is 2.08. The molecule has 0 heterocycles. The van der Waals surface area contributed by atoms with Crippen molar-refractivity contribution in [1.29, 1.82) is 0 Å². The maximum Gasteiger partial charge on any atom is 0.152 e. The van der Waals surface area contributed by atoms with Crippen LogP contribution in [0, 0.1) is 0 Å². The van der Waals surface area contributed by atoms with Crippen LogP contribution in [-0.2, 0) is 0 Å². The van der Waals surface area contributed by atoms with Gasteiger partial charge in [-0.2, -0.15) is 5.11 Å². The molecule has 4 aromatic rings. The van der Waals surface area contributed by atoms with Gasteiger partial charge in [0.05, 0.1) is 5.69 Å². The molecule has 0 bridgehead atoms. The summed E-state index contributed by atoms with van der Waals surface area (Å²) in [5.41, 5.74) is 7.61. The van der Waals surface area contributed by atoms with Crippen LogP contribution in [0.25, 0.3) is 21.5 Å². The second-order valence-electron chi connectivity index (χ2n) is 5.61. The lowest BCUT2D eigenvalue weighted by molar-refractivity contribution is 0.483. The Kier molecular flexibility index (Phi) is 3.35. The number of benzene rings is 4. The van der Waals surface area contributed by atoms with Gasteiger partial charge in [0.15, 0.2) is 5.75 Å². The molecule has 4 rings (SSSR count). The van der Waals surface area contributed by atoms with Crippen LogP contribution in [0.4, 0.5) is 17.1 Å². The van der Waals surface area contributed by atoms with Crippen LogP contribution in [0.3, 0.4) is 0 Å². The van der Waals surface area contributed by atoms with Gasteiger partial charge in [0.1, 0.15) is 5.69 Å². The van der Waals surface area contributed by atoms with E-state index >= 15 is 0 Å². The van der Waals surface area contributed by atoms with Gasteiger partial charge >= 0.3 is 0 Å². The first-order valence-corrected chi connectivity index (χ1v) is 7.63. The number of anilines is 1. The maximum atomic E-state index is 10.4. The van der Waals surface area contributed by atoms with Crippen LogP contribution in [-0.4, -0.2) is 5.11 Å². The molecule has 4 nitrogen and oxygen atoms in total. The average molecular weight is 313 g/mol. The fourth-order valence-corrected chi connectivity index (χ4v) is 2.81. The number of aromatic hydroxyl groups is 1. The average Bonchev–Trinajstić information content (AvgIpc) is 2.61. The smallest absolute Gasteiger partial charge is 0.152 e. The van der Waals surface area contributed by atoms with Crippen molar-refractivity contribution in [1.82, 2.24) is 0 Å². The number of phenolic OH excluding ortho intramolecular Hbond substituents is 1. The van der Waals surface area contributed by atoms with E-state index in [-0.39, 0.29) is 5.75 Å². The maximum absolute atomic E-state index is 10.4. The fraction of sp³-hybridized carbons (Fsp3) is 0. The molecule has 0 saturated heterocycles. The van der Waals surface area contributed by atoms with Crippen LogP contribution < -0.4 is 5.73 Å². The van der Waals surface area contributed by atoms with E-state index in [4.69, 9.17) is 5.73 Å². The summed E-state index contributed by atoms with van der Waals surface area (Å²) in [5, 5.41) is 22.6. The Morgan fingerprint density at radius 1 is 0.708 bits per heavy atom. The molecule has 0 aromatic heterocycles. The summed E-state index contributed by atoms with van der Waals surface area (Å²) in [6.45, 7) is 0. The van der Waals surface area contributed by atoms with Gasteiger partial charge in [-0.3, -0.25) is 0 Å². The van der Waals surface area contributed by atoms with Crippen molar-refractivity contribution in [2.45, 2.75) is 0 Å². The first-order valence-electron chi connectivity index (χ1n) is 7.63. The van der Waals surface area contributed by atoms with Gasteiger partial charge in [-0.15, -0.1) is 5.11 Å². The quantitative estimate of drug-likeness (QED) is 0.368. The molecule has 0 aliphatic rings. The van der Waals surface area contributed by atoms with Gasteiger partial charge in [-0.05, 0) is 40.4 Å². The van der Waals surface area contributed by atoms with E-state index in [1.165, 1.54) is 0 Å². The molecule has 0 radical (unpaired) electrons. The van der Waals surface area contributed by atoms with Gasteiger partial charge < -0.3 is 10.8 Å². The third-order valence-corrected chi connectivity index (χ3v) is 4.04. The summed E-state index contributed by atoms with van der Waals surface area (Å²) >= 11 is 0. The van der Waals surface area contributed by atoms with Crippen molar-refractivity contribution in [3.8, 4) is 5.75 Å². The van der Waals surface area contributed by atoms with E-state index in [9.17, 15) is 5.11 Å². The van der Waals surface area contributed by atoms with Crippen molar-refractivity contribution in [2.75, 3.05) is 5.73 Å². The lowest BCUT2D eigenvalue weighted by Gasteiger charge is -2.06. The zero-order valence-electron chi connectivity index (χ0n) is 12.8. The predicted octanol–water partition coefficient (Wildman–Crippen LogP) is 5.70. The summed E-state index contributed by atoms with van der Waals surface area (Å²) < 4.78 is 0. The van der Waals surface area contributed by atoms with E-state index in [1.807, 2.05) is 60.7 Å². The Balaban J connectivity index is 1.76. The summed E-state index contributed by atoms with van der Waals surface area (Å²) in [5.74, 6) is 0.0511. The van der Waals surface area contributed by atoms with Crippen LogP contribution in [0.2, 0.25) is 0 Å². The van der Waals surface area contributed by atoms with Gasteiger partial charge in [0, 0.05) is 11.1 Å². The zero-order valence-corrected chi connectivity index (χ0v) is 12.8. The van der Waals surface area contributed by atoms with Crippen molar-refractivity contribution in [3.05, 3.63) is 72.8 Å². The Morgan fingerprint density at radius 3 is 2.33 bits per heavy atom. The number of nitrogens with zero attached hydrogens (tertiary/aromatic N) is 2. The molecule has 4 aromatic carbocycles. The molecule has 0 aliphatic carbocycles. The fourth-order valence-electron chi connectivity index (χ4n) is 2.81. The summed E-state index contributed by atoms with van der Waals surface area (Å²) in [6, 6.07) is 23.1. The third kappa shape index (κ3) is 2.44. The van der Waals surface area contributed by atoms with Crippen LogP contribution in [0.5, 0.6) is 5.75 Å². The number of fused-ring (bicyclic) bond motifs is 2.